The Hall–Kier alpha value is -1.26. The Labute approximate surface area is 120 Å². The highest BCUT2D eigenvalue weighted by Crippen LogP contribution is 2.60. The molecule has 0 spiro atoms. The monoisotopic (exact) mass is 282 g/mol. The number of hydrogen-bond donors (Lipinski definition) is 3. The fourth-order valence-electron chi connectivity index (χ4n) is 3.03. The van der Waals surface area contributed by atoms with Gasteiger partial charge in [-0.05, 0) is 49.9 Å². The van der Waals surface area contributed by atoms with E-state index in [9.17, 15) is 14.7 Å². The van der Waals surface area contributed by atoms with E-state index < -0.39 is 11.4 Å². The van der Waals surface area contributed by atoms with E-state index in [1.54, 1.807) is 0 Å². The lowest BCUT2D eigenvalue weighted by Gasteiger charge is -2.27. The molecule has 0 bridgehead atoms. The predicted octanol–water partition coefficient (Wildman–Crippen LogP) is 2.37. The molecule has 2 amide bonds. The quantitative estimate of drug-likeness (QED) is 0.639. The number of carbonyl (C=O) groups is 2. The summed E-state index contributed by atoms with van der Waals surface area (Å²) in [5.41, 5.74) is -0.470. The number of urea groups is 1. The molecular weight excluding hydrogens is 256 g/mol. The molecule has 2 fully saturated rings. The molecule has 0 aromatic carbocycles. The summed E-state index contributed by atoms with van der Waals surface area (Å²) in [7, 11) is 0. The second-order valence-electron chi connectivity index (χ2n) is 6.47. The van der Waals surface area contributed by atoms with Gasteiger partial charge >= 0.3 is 12.0 Å². The van der Waals surface area contributed by atoms with E-state index in [4.69, 9.17) is 0 Å². The molecule has 2 saturated carbocycles. The molecule has 114 valence electrons. The summed E-state index contributed by atoms with van der Waals surface area (Å²) < 4.78 is 0. The Kier molecular flexibility index (Phi) is 4.25. The first kappa shape index (κ1) is 15.1. The van der Waals surface area contributed by atoms with Gasteiger partial charge in [0.15, 0.2) is 0 Å². The van der Waals surface area contributed by atoms with Gasteiger partial charge in [0.05, 0.1) is 5.41 Å². The van der Waals surface area contributed by atoms with E-state index in [0.29, 0.717) is 18.3 Å². The van der Waals surface area contributed by atoms with Gasteiger partial charge in [0.2, 0.25) is 0 Å². The molecular formula is C15H26N2O3. The minimum atomic E-state index is -0.842. The average Bonchev–Trinajstić information content (AvgIpc) is 3.29. The van der Waals surface area contributed by atoms with Crippen molar-refractivity contribution >= 4 is 12.0 Å². The highest BCUT2D eigenvalue weighted by Gasteiger charge is 2.53. The SMILES string of the molecule is CCC(CC)(CNC(=O)NCC1(C2CC2)CC1)C(=O)O. The summed E-state index contributed by atoms with van der Waals surface area (Å²) in [5.74, 6) is -0.0216. The van der Waals surface area contributed by atoms with Crippen molar-refractivity contribution in [3.05, 3.63) is 0 Å². The Bertz CT molecular complexity index is 383. The first-order valence-corrected chi connectivity index (χ1v) is 7.73. The van der Waals surface area contributed by atoms with Crippen LogP contribution in [0, 0.1) is 16.7 Å². The molecule has 0 aromatic rings. The van der Waals surface area contributed by atoms with Crippen LogP contribution in [0.15, 0.2) is 0 Å². The van der Waals surface area contributed by atoms with Crippen LogP contribution in [0.2, 0.25) is 0 Å². The topological polar surface area (TPSA) is 78.4 Å². The normalized spacial score (nSPS) is 20.3. The maximum absolute atomic E-state index is 11.8. The molecule has 0 atom stereocenters. The highest BCUT2D eigenvalue weighted by atomic mass is 16.4. The van der Waals surface area contributed by atoms with E-state index in [2.05, 4.69) is 10.6 Å². The average molecular weight is 282 g/mol. The molecule has 2 aliphatic rings. The smallest absolute Gasteiger partial charge is 0.314 e. The van der Waals surface area contributed by atoms with Gasteiger partial charge < -0.3 is 15.7 Å². The van der Waals surface area contributed by atoms with Crippen LogP contribution in [0.4, 0.5) is 4.79 Å². The number of carboxylic acid groups (broad SMARTS) is 1. The molecule has 2 rings (SSSR count). The van der Waals surface area contributed by atoms with Gasteiger partial charge in [0, 0.05) is 13.1 Å². The number of amides is 2. The van der Waals surface area contributed by atoms with Gasteiger partial charge in [-0.2, -0.15) is 0 Å². The van der Waals surface area contributed by atoms with Gasteiger partial charge in [-0.1, -0.05) is 13.8 Å². The zero-order valence-electron chi connectivity index (χ0n) is 12.5. The standard InChI is InChI=1S/C15H26N2O3/c1-3-14(4-2,12(18)19)9-16-13(20)17-10-15(7-8-15)11-5-6-11/h11H,3-10H2,1-2H3,(H,18,19)(H2,16,17,20). The Morgan fingerprint density at radius 1 is 1.20 bits per heavy atom. The Morgan fingerprint density at radius 2 is 1.80 bits per heavy atom. The number of carboxylic acids is 1. The lowest BCUT2D eigenvalue weighted by Crippen LogP contribution is -2.47. The van der Waals surface area contributed by atoms with Crippen LogP contribution in [0.5, 0.6) is 0 Å². The van der Waals surface area contributed by atoms with E-state index in [-0.39, 0.29) is 12.6 Å². The van der Waals surface area contributed by atoms with Gasteiger partial charge in [0.1, 0.15) is 0 Å². The molecule has 0 saturated heterocycles. The molecule has 0 unspecified atom stereocenters. The maximum atomic E-state index is 11.8. The van der Waals surface area contributed by atoms with Gasteiger partial charge in [-0.25, -0.2) is 4.79 Å². The molecule has 0 aromatic heterocycles. The summed E-state index contributed by atoms with van der Waals surface area (Å²) in [5, 5.41) is 15.0. The van der Waals surface area contributed by atoms with Crippen LogP contribution in [-0.4, -0.2) is 30.2 Å². The fourth-order valence-corrected chi connectivity index (χ4v) is 3.03. The van der Waals surface area contributed by atoms with Crippen LogP contribution in [0.3, 0.4) is 0 Å². The third-order valence-corrected chi connectivity index (χ3v) is 5.33. The van der Waals surface area contributed by atoms with Crippen LogP contribution in [0.1, 0.15) is 52.4 Å². The van der Waals surface area contributed by atoms with Crippen molar-refractivity contribution in [1.29, 1.82) is 0 Å². The maximum Gasteiger partial charge on any atom is 0.314 e. The number of hydrogen-bond acceptors (Lipinski definition) is 2. The van der Waals surface area contributed by atoms with Crippen LogP contribution in [-0.2, 0) is 4.79 Å². The van der Waals surface area contributed by atoms with Crippen molar-refractivity contribution in [3.8, 4) is 0 Å². The van der Waals surface area contributed by atoms with E-state index in [0.717, 1.165) is 12.5 Å². The summed E-state index contributed by atoms with van der Waals surface area (Å²) in [6.45, 7) is 4.63. The van der Waals surface area contributed by atoms with Crippen LogP contribution in [0.25, 0.3) is 0 Å². The zero-order chi connectivity index (χ0) is 14.8. The largest absolute Gasteiger partial charge is 0.481 e. The van der Waals surface area contributed by atoms with Crippen molar-refractivity contribution in [2.75, 3.05) is 13.1 Å². The molecule has 3 N–H and O–H groups in total. The summed E-state index contributed by atoms with van der Waals surface area (Å²) in [4.78, 5) is 23.2. The molecule has 20 heavy (non-hydrogen) atoms. The molecule has 0 heterocycles. The Balaban J connectivity index is 1.75. The van der Waals surface area contributed by atoms with Crippen LogP contribution < -0.4 is 10.6 Å². The number of nitrogens with one attached hydrogen (secondary N) is 2. The summed E-state index contributed by atoms with van der Waals surface area (Å²) in [6, 6.07) is -0.232. The molecule has 2 aliphatic carbocycles. The van der Waals surface area contributed by atoms with Crippen molar-refractivity contribution in [2.45, 2.75) is 52.4 Å². The lowest BCUT2D eigenvalue weighted by molar-refractivity contribution is -0.149. The van der Waals surface area contributed by atoms with E-state index >= 15 is 0 Å². The van der Waals surface area contributed by atoms with Crippen molar-refractivity contribution in [1.82, 2.24) is 10.6 Å². The van der Waals surface area contributed by atoms with Crippen LogP contribution >= 0.6 is 0 Å². The highest BCUT2D eigenvalue weighted by molar-refractivity contribution is 5.78. The van der Waals surface area contributed by atoms with Crippen molar-refractivity contribution < 1.29 is 14.7 Å². The fraction of sp³-hybridized carbons (Fsp3) is 0.867. The number of rotatable bonds is 8. The molecule has 0 radical (unpaired) electrons. The predicted molar refractivity (Wildman–Crippen MR) is 76.4 cm³/mol. The lowest BCUT2D eigenvalue weighted by atomic mass is 9.82. The minimum Gasteiger partial charge on any atom is -0.481 e. The van der Waals surface area contributed by atoms with Crippen molar-refractivity contribution in [3.63, 3.8) is 0 Å². The summed E-state index contributed by atoms with van der Waals surface area (Å²) >= 11 is 0. The van der Waals surface area contributed by atoms with Gasteiger partial charge in [-0.3, -0.25) is 4.79 Å². The molecule has 5 nitrogen and oxygen atoms in total. The number of carbonyl (C=O) groups excluding carboxylic acids is 1. The van der Waals surface area contributed by atoms with E-state index in [1.807, 2.05) is 13.8 Å². The minimum absolute atomic E-state index is 0.192. The first-order valence-electron chi connectivity index (χ1n) is 7.73. The Morgan fingerprint density at radius 3 is 2.20 bits per heavy atom. The van der Waals surface area contributed by atoms with Gasteiger partial charge in [0.25, 0.3) is 0 Å². The second-order valence-corrected chi connectivity index (χ2v) is 6.47. The second kappa shape index (κ2) is 5.62. The first-order chi connectivity index (χ1) is 9.48. The van der Waals surface area contributed by atoms with Crippen molar-refractivity contribution in [2.24, 2.45) is 16.7 Å². The summed E-state index contributed by atoms with van der Waals surface area (Å²) in [6.07, 6.45) is 6.09. The molecule has 5 heteroatoms. The van der Waals surface area contributed by atoms with E-state index in [1.165, 1.54) is 25.7 Å². The van der Waals surface area contributed by atoms with Gasteiger partial charge in [-0.15, -0.1) is 0 Å². The number of aliphatic carboxylic acids is 1. The molecule has 0 aliphatic heterocycles. The zero-order valence-corrected chi connectivity index (χ0v) is 12.5. The third kappa shape index (κ3) is 3.07. The third-order valence-electron chi connectivity index (χ3n) is 5.33.